The van der Waals surface area contributed by atoms with E-state index in [1.165, 1.54) is 11.3 Å². The highest BCUT2D eigenvalue weighted by molar-refractivity contribution is 7.14. The first-order chi connectivity index (χ1) is 7.18. The third-order valence-electron chi connectivity index (χ3n) is 2.88. The van der Waals surface area contributed by atoms with Gasteiger partial charge in [-0.05, 0) is 44.7 Å². The van der Waals surface area contributed by atoms with E-state index in [0.717, 1.165) is 36.4 Å². The smallest absolute Gasteiger partial charge is 0.264 e. The highest BCUT2D eigenvalue weighted by Gasteiger charge is 2.20. The third-order valence-corrected chi connectivity index (χ3v) is 4.02. The van der Waals surface area contributed by atoms with Gasteiger partial charge in [0.25, 0.3) is 5.91 Å². The Morgan fingerprint density at radius 2 is 1.93 bits per heavy atom. The molecule has 1 aliphatic rings. The van der Waals surface area contributed by atoms with Crippen LogP contribution in [0.4, 0.5) is 0 Å². The first-order valence-electron chi connectivity index (χ1n) is 5.55. The molecule has 0 spiro atoms. The minimum Gasteiger partial charge on any atom is -0.338 e. The van der Waals surface area contributed by atoms with Crippen LogP contribution >= 0.6 is 11.3 Å². The standard InChI is InChI=1S/C12H17NOS/c1-9-8-10(2)15-11(9)12(14)13-6-4-3-5-7-13/h8H,3-7H2,1-2H3. The first-order valence-corrected chi connectivity index (χ1v) is 6.36. The van der Waals surface area contributed by atoms with Crippen molar-refractivity contribution in [1.82, 2.24) is 4.90 Å². The van der Waals surface area contributed by atoms with Gasteiger partial charge in [0.15, 0.2) is 0 Å². The van der Waals surface area contributed by atoms with Crippen LogP contribution in [0.1, 0.15) is 39.4 Å². The summed E-state index contributed by atoms with van der Waals surface area (Å²) in [5.41, 5.74) is 1.13. The summed E-state index contributed by atoms with van der Waals surface area (Å²) in [6.07, 6.45) is 3.59. The van der Waals surface area contributed by atoms with Crippen molar-refractivity contribution in [2.45, 2.75) is 33.1 Å². The Morgan fingerprint density at radius 1 is 1.27 bits per heavy atom. The molecule has 0 N–H and O–H groups in total. The molecule has 82 valence electrons. The zero-order chi connectivity index (χ0) is 10.8. The predicted molar refractivity (Wildman–Crippen MR) is 63.5 cm³/mol. The number of rotatable bonds is 1. The lowest BCUT2D eigenvalue weighted by Gasteiger charge is -2.26. The molecule has 1 amide bonds. The lowest BCUT2D eigenvalue weighted by Crippen LogP contribution is -2.35. The molecule has 1 aromatic heterocycles. The molecule has 3 heteroatoms. The maximum Gasteiger partial charge on any atom is 0.264 e. The lowest BCUT2D eigenvalue weighted by atomic mass is 10.1. The Balaban J connectivity index is 2.16. The van der Waals surface area contributed by atoms with Crippen molar-refractivity contribution >= 4 is 17.2 Å². The summed E-state index contributed by atoms with van der Waals surface area (Å²) in [7, 11) is 0. The molecule has 0 saturated carbocycles. The molecule has 0 unspecified atom stereocenters. The summed E-state index contributed by atoms with van der Waals surface area (Å²) in [6.45, 7) is 5.97. The number of nitrogens with zero attached hydrogens (tertiary/aromatic N) is 1. The number of aryl methyl sites for hydroxylation is 2. The minimum atomic E-state index is 0.241. The number of likely N-dealkylation sites (tertiary alicyclic amines) is 1. The molecule has 15 heavy (non-hydrogen) atoms. The van der Waals surface area contributed by atoms with Crippen LogP contribution in [0.25, 0.3) is 0 Å². The van der Waals surface area contributed by atoms with Crippen LogP contribution in [0.15, 0.2) is 6.07 Å². The topological polar surface area (TPSA) is 20.3 Å². The number of thiophene rings is 1. The second-order valence-electron chi connectivity index (χ2n) is 4.22. The Labute approximate surface area is 94.9 Å². The quantitative estimate of drug-likeness (QED) is 0.716. The van der Waals surface area contributed by atoms with E-state index >= 15 is 0 Å². The summed E-state index contributed by atoms with van der Waals surface area (Å²) in [5, 5.41) is 0. The van der Waals surface area contributed by atoms with Crippen molar-refractivity contribution in [3.8, 4) is 0 Å². The highest BCUT2D eigenvalue weighted by Crippen LogP contribution is 2.23. The molecule has 2 nitrogen and oxygen atoms in total. The van der Waals surface area contributed by atoms with Gasteiger partial charge in [-0.25, -0.2) is 0 Å². The summed E-state index contributed by atoms with van der Waals surface area (Å²) in [6, 6.07) is 2.10. The Hall–Kier alpha value is -0.830. The Morgan fingerprint density at radius 3 is 2.47 bits per heavy atom. The maximum absolute atomic E-state index is 12.2. The monoisotopic (exact) mass is 223 g/mol. The van der Waals surface area contributed by atoms with Gasteiger partial charge in [-0.15, -0.1) is 11.3 Å². The fourth-order valence-electron chi connectivity index (χ4n) is 2.09. The van der Waals surface area contributed by atoms with Gasteiger partial charge in [0.1, 0.15) is 0 Å². The normalized spacial score (nSPS) is 16.8. The molecule has 1 aromatic rings. The molecule has 1 fully saturated rings. The van der Waals surface area contributed by atoms with Crippen molar-refractivity contribution in [3.05, 3.63) is 21.4 Å². The van der Waals surface area contributed by atoms with E-state index in [1.807, 2.05) is 11.8 Å². The maximum atomic E-state index is 12.2. The van der Waals surface area contributed by atoms with Crippen molar-refractivity contribution in [2.24, 2.45) is 0 Å². The summed E-state index contributed by atoms with van der Waals surface area (Å²) < 4.78 is 0. The minimum absolute atomic E-state index is 0.241. The summed E-state index contributed by atoms with van der Waals surface area (Å²) in [5.74, 6) is 0.241. The largest absolute Gasteiger partial charge is 0.338 e. The first kappa shape index (κ1) is 10.7. The fraction of sp³-hybridized carbons (Fsp3) is 0.583. The van der Waals surface area contributed by atoms with Gasteiger partial charge in [-0.3, -0.25) is 4.79 Å². The van der Waals surface area contributed by atoms with Crippen LogP contribution in [-0.4, -0.2) is 23.9 Å². The van der Waals surface area contributed by atoms with Crippen LogP contribution in [0.5, 0.6) is 0 Å². The van der Waals surface area contributed by atoms with Crippen LogP contribution < -0.4 is 0 Å². The SMILES string of the molecule is Cc1cc(C)c(C(=O)N2CCCCC2)s1. The second-order valence-corrected chi connectivity index (χ2v) is 5.48. The van der Waals surface area contributed by atoms with Crippen molar-refractivity contribution in [3.63, 3.8) is 0 Å². The van der Waals surface area contributed by atoms with E-state index in [1.54, 1.807) is 11.3 Å². The number of hydrogen-bond acceptors (Lipinski definition) is 2. The molecule has 0 aromatic carbocycles. The molecular weight excluding hydrogens is 206 g/mol. The average molecular weight is 223 g/mol. The molecule has 0 bridgehead atoms. The zero-order valence-electron chi connectivity index (χ0n) is 9.38. The van der Waals surface area contributed by atoms with E-state index in [0.29, 0.717) is 0 Å². The van der Waals surface area contributed by atoms with Gasteiger partial charge in [0.05, 0.1) is 4.88 Å². The fourth-order valence-corrected chi connectivity index (χ4v) is 3.09. The van der Waals surface area contributed by atoms with Crippen LogP contribution in [0.2, 0.25) is 0 Å². The van der Waals surface area contributed by atoms with Gasteiger partial charge in [-0.1, -0.05) is 0 Å². The van der Waals surface area contributed by atoms with Gasteiger partial charge in [0.2, 0.25) is 0 Å². The predicted octanol–water partition coefficient (Wildman–Crippen LogP) is 2.99. The molecule has 1 aliphatic heterocycles. The Kier molecular flexibility index (Phi) is 3.10. The van der Waals surface area contributed by atoms with Crippen molar-refractivity contribution in [2.75, 3.05) is 13.1 Å². The van der Waals surface area contributed by atoms with E-state index in [4.69, 9.17) is 0 Å². The molecular formula is C12H17NOS. The van der Waals surface area contributed by atoms with Gasteiger partial charge in [-0.2, -0.15) is 0 Å². The summed E-state index contributed by atoms with van der Waals surface area (Å²) >= 11 is 1.62. The third kappa shape index (κ3) is 2.23. The number of hydrogen-bond donors (Lipinski definition) is 0. The van der Waals surface area contributed by atoms with Crippen molar-refractivity contribution in [1.29, 1.82) is 0 Å². The Bertz CT molecular complexity index is 364. The van der Waals surface area contributed by atoms with E-state index in [2.05, 4.69) is 13.0 Å². The van der Waals surface area contributed by atoms with Gasteiger partial charge in [0, 0.05) is 18.0 Å². The second kappa shape index (κ2) is 4.35. The summed E-state index contributed by atoms with van der Waals surface area (Å²) in [4.78, 5) is 16.3. The molecule has 2 rings (SSSR count). The zero-order valence-corrected chi connectivity index (χ0v) is 10.2. The number of carbonyl (C=O) groups excluding carboxylic acids is 1. The molecule has 1 saturated heterocycles. The number of piperidine rings is 1. The average Bonchev–Trinajstić information content (AvgIpc) is 2.58. The van der Waals surface area contributed by atoms with Gasteiger partial charge < -0.3 is 4.90 Å². The lowest BCUT2D eigenvalue weighted by molar-refractivity contribution is 0.0728. The molecule has 2 heterocycles. The van der Waals surface area contributed by atoms with Gasteiger partial charge >= 0.3 is 0 Å². The molecule has 0 atom stereocenters. The van der Waals surface area contributed by atoms with E-state index < -0.39 is 0 Å². The van der Waals surface area contributed by atoms with E-state index in [-0.39, 0.29) is 5.91 Å². The highest BCUT2D eigenvalue weighted by atomic mass is 32.1. The van der Waals surface area contributed by atoms with Crippen LogP contribution in [0.3, 0.4) is 0 Å². The number of carbonyl (C=O) groups is 1. The molecule has 0 aliphatic carbocycles. The van der Waals surface area contributed by atoms with Crippen LogP contribution in [0, 0.1) is 13.8 Å². The van der Waals surface area contributed by atoms with Crippen LogP contribution in [-0.2, 0) is 0 Å². The van der Waals surface area contributed by atoms with E-state index in [9.17, 15) is 4.79 Å². The van der Waals surface area contributed by atoms with Crippen molar-refractivity contribution < 1.29 is 4.79 Å². The molecule has 0 radical (unpaired) electrons. The number of amides is 1.